The van der Waals surface area contributed by atoms with Gasteiger partial charge in [-0.05, 0) is 102 Å². The Morgan fingerprint density at radius 3 is 1.78 bits per heavy atom. The molecule has 11 heteroatoms. The van der Waals surface area contributed by atoms with Gasteiger partial charge < -0.3 is 34.2 Å². The number of phenols is 1. The van der Waals surface area contributed by atoms with Crippen molar-refractivity contribution in [3.05, 3.63) is 58.7 Å². The Bertz CT molecular complexity index is 1460. The average molecular weight is 901 g/mol. The van der Waals surface area contributed by atoms with Crippen molar-refractivity contribution in [2.75, 3.05) is 49.4 Å². The zero-order valence-corrected chi connectivity index (χ0v) is 33.0. The van der Waals surface area contributed by atoms with Crippen LogP contribution in [0.3, 0.4) is 0 Å². The van der Waals surface area contributed by atoms with Crippen LogP contribution in [0, 0.1) is 0 Å². The average Bonchev–Trinajstić information content (AvgIpc) is 3.75. The first kappa shape index (κ1) is 39.3. The molecule has 6 rings (SSSR count). The van der Waals surface area contributed by atoms with Gasteiger partial charge in [-0.25, -0.2) is 0 Å². The summed E-state index contributed by atoms with van der Waals surface area (Å²) in [5, 5.41) is 18.6. The number of methoxy groups -OCH3 is 2. The number of alkyl halides is 2. The van der Waals surface area contributed by atoms with Gasteiger partial charge in [-0.1, -0.05) is 75.9 Å². The van der Waals surface area contributed by atoms with Gasteiger partial charge in [0.1, 0.15) is 0 Å². The number of unbranched alkanes of at least 4 members (excludes halogenated alkanes) is 4. The van der Waals surface area contributed by atoms with Crippen LogP contribution in [0.5, 0.6) is 23.0 Å². The molecule has 2 aromatic rings. The van der Waals surface area contributed by atoms with Crippen LogP contribution in [0.15, 0.2) is 36.4 Å². The summed E-state index contributed by atoms with van der Waals surface area (Å²) >= 11 is 4.85. The fourth-order valence-corrected chi connectivity index (χ4v) is 7.49. The molecule has 0 aliphatic carbocycles. The Balaban J connectivity index is 0.000000190. The number of hydrogen-bond donors (Lipinski definition) is 2. The zero-order chi connectivity index (χ0) is 35.2. The third-order valence-corrected chi connectivity index (χ3v) is 10.6. The molecule has 0 saturated carbocycles. The second-order valence-corrected chi connectivity index (χ2v) is 14.6. The fourth-order valence-electron chi connectivity index (χ4n) is 6.41. The zero-order valence-electron chi connectivity index (χ0n) is 28.7. The summed E-state index contributed by atoms with van der Waals surface area (Å²) < 4.78 is 19.0. The summed E-state index contributed by atoms with van der Waals surface area (Å²) in [5.74, 6) is 1.76. The topological polar surface area (TPSA) is 109 Å². The minimum Gasteiger partial charge on any atom is -0.504 e. The number of amides is 2. The summed E-state index contributed by atoms with van der Waals surface area (Å²) in [5.41, 5.74) is 2.93. The number of ether oxygens (including phenoxy) is 3. The van der Waals surface area contributed by atoms with E-state index in [1.807, 2.05) is 34.1 Å². The first-order valence-corrected chi connectivity index (χ1v) is 20.4. The van der Waals surface area contributed by atoms with E-state index in [2.05, 4.69) is 51.3 Å². The molecule has 4 heterocycles. The van der Waals surface area contributed by atoms with E-state index in [-0.39, 0.29) is 36.3 Å². The molecular formula is C38H50I2N2O7. The van der Waals surface area contributed by atoms with Crippen molar-refractivity contribution >= 4 is 69.1 Å². The van der Waals surface area contributed by atoms with Gasteiger partial charge in [0, 0.05) is 19.7 Å². The molecule has 0 bridgehead atoms. The van der Waals surface area contributed by atoms with Gasteiger partial charge in [-0.3, -0.25) is 9.59 Å². The van der Waals surface area contributed by atoms with E-state index >= 15 is 0 Å². The number of benzene rings is 2. The molecule has 49 heavy (non-hydrogen) atoms. The normalized spacial score (nSPS) is 18.6. The highest BCUT2D eigenvalue weighted by atomic mass is 127. The van der Waals surface area contributed by atoms with Crippen molar-refractivity contribution in [1.82, 2.24) is 9.80 Å². The molecule has 2 amide bonds. The molecule has 4 aliphatic rings. The standard InChI is InChI=1S/C19H25NO4.C14H15NO3.C5H10I2/c1-23-17-13-16-14(12-18(17)24-11-4-2-3-10-21)7-8-15-6-5-9-20(15)19(16)22;1-18-13-8-11-9(7-12(13)16)4-5-10-3-2-6-15(10)14(11)17;6-4-2-1-3-5-7/h7-8,12-13,15,21H,2-6,9-11H2,1H3;4-5,7-8,10,16H,2-3,6H2,1H3;1-5H2/t15-;10-;/m00./s1. The largest absolute Gasteiger partial charge is 0.504 e. The predicted octanol–water partition coefficient (Wildman–Crippen LogP) is 7.93. The van der Waals surface area contributed by atoms with Crippen LogP contribution >= 0.6 is 45.2 Å². The van der Waals surface area contributed by atoms with Crippen molar-refractivity contribution in [3.8, 4) is 23.0 Å². The van der Waals surface area contributed by atoms with Crippen molar-refractivity contribution < 1.29 is 34.0 Å². The first-order valence-electron chi connectivity index (χ1n) is 17.3. The molecule has 0 aromatic heterocycles. The van der Waals surface area contributed by atoms with Gasteiger partial charge in [0.25, 0.3) is 11.8 Å². The van der Waals surface area contributed by atoms with E-state index in [1.54, 1.807) is 25.3 Å². The number of aromatic hydroxyl groups is 1. The highest BCUT2D eigenvalue weighted by Crippen LogP contribution is 2.36. The molecule has 2 aromatic carbocycles. The highest BCUT2D eigenvalue weighted by Gasteiger charge is 2.32. The van der Waals surface area contributed by atoms with Crippen LogP contribution in [0.1, 0.15) is 96.1 Å². The minimum absolute atomic E-state index is 0.0239. The Kier molecular flexibility index (Phi) is 16.3. The van der Waals surface area contributed by atoms with Crippen molar-refractivity contribution in [2.45, 2.75) is 76.3 Å². The molecule has 2 atom stereocenters. The van der Waals surface area contributed by atoms with Gasteiger partial charge in [0.2, 0.25) is 0 Å². The first-order chi connectivity index (χ1) is 23.9. The number of hydrogen-bond acceptors (Lipinski definition) is 7. The Morgan fingerprint density at radius 1 is 0.714 bits per heavy atom. The number of halogens is 2. The minimum atomic E-state index is 0.0239. The lowest BCUT2D eigenvalue weighted by molar-refractivity contribution is 0.0755. The van der Waals surface area contributed by atoms with Crippen LogP contribution in [-0.4, -0.2) is 93.3 Å². The van der Waals surface area contributed by atoms with Gasteiger partial charge >= 0.3 is 0 Å². The number of phenolic OH excluding ortho intramolecular Hbond substituents is 1. The summed E-state index contributed by atoms with van der Waals surface area (Å²) in [6.07, 6.45) is 19.1. The molecule has 0 unspecified atom stereocenters. The molecule has 268 valence electrons. The molecule has 2 fully saturated rings. The van der Waals surface area contributed by atoms with E-state index < -0.39 is 0 Å². The number of carbonyl (C=O) groups is 2. The van der Waals surface area contributed by atoms with E-state index in [4.69, 9.17) is 19.3 Å². The number of rotatable bonds is 12. The SMILES string of the molecule is COc1cc2c(cc1O)C=C[C@@H]1CCCN1C2=O.COc1cc2c(cc1OCCCCCO)C=C[C@@H]1CCCN1C2=O.ICCCCCI. The second kappa shape index (κ2) is 20.4. The number of nitrogens with zero attached hydrogens (tertiary/aromatic N) is 2. The summed E-state index contributed by atoms with van der Waals surface area (Å²) in [4.78, 5) is 29.1. The number of fused-ring (bicyclic) bond motifs is 4. The van der Waals surface area contributed by atoms with Gasteiger partial charge in [0.15, 0.2) is 23.0 Å². The maximum atomic E-state index is 12.8. The molecule has 4 aliphatic heterocycles. The summed E-state index contributed by atoms with van der Waals surface area (Å²) in [6.45, 7) is 2.41. The van der Waals surface area contributed by atoms with E-state index in [9.17, 15) is 14.7 Å². The lowest BCUT2D eigenvalue weighted by Gasteiger charge is -2.21. The van der Waals surface area contributed by atoms with Gasteiger partial charge in [-0.15, -0.1) is 0 Å². The molecule has 2 N–H and O–H groups in total. The number of aliphatic hydroxyl groups excluding tert-OH is 1. The Labute approximate surface area is 318 Å². The fraction of sp³-hybridized carbons (Fsp3) is 0.526. The van der Waals surface area contributed by atoms with Gasteiger partial charge in [-0.2, -0.15) is 0 Å². The van der Waals surface area contributed by atoms with E-state index in [0.717, 1.165) is 69.2 Å². The van der Waals surface area contributed by atoms with Crippen LogP contribution in [0.4, 0.5) is 0 Å². The van der Waals surface area contributed by atoms with Crippen molar-refractivity contribution in [2.24, 2.45) is 0 Å². The van der Waals surface area contributed by atoms with Crippen LogP contribution in [-0.2, 0) is 0 Å². The maximum Gasteiger partial charge on any atom is 0.255 e. The summed E-state index contributed by atoms with van der Waals surface area (Å²) in [6, 6.07) is 7.31. The molecule has 0 spiro atoms. The third-order valence-electron chi connectivity index (χ3n) is 9.09. The van der Waals surface area contributed by atoms with Crippen molar-refractivity contribution in [3.63, 3.8) is 0 Å². The lowest BCUT2D eigenvalue weighted by atomic mass is 10.1. The molecule has 9 nitrogen and oxygen atoms in total. The number of aliphatic hydroxyl groups is 1. The predicted molar refractivity (Wildman–Crippen MR) is 212 cm³/mol. The number of carbonyl (C=O) groups excluding carboxylic acids is 2. The molecule has 0 radical (unpaired) electrons. The third kappa shape index (κ3) is 10.5. The Hall–Kier alpha value is -2.52. The maximum absolute atomic E-state index is 12.8. The highest BCUT2D eigenvalue weighted by molar-refractivity contribution is 14.1. The van der Waals surface area contributed by atoms with E-state index in [0.29, 0.717) is 35.0 Å². The molecular weight excluding hydrogens is 850 g/mol. The summed E-state index contributed by atoms with van der Waals surface area (Å²) in [7, 11) is 3.08. The quantitative estimate of drug-likeness (QED) is 0.127. The van der Waals surface area contributed by atoms with Crippen LogP contribution < -0.4 is 14.2 Å². The molecule has 2 saturated heterocycles. The van der Waals surface area contributed by atoms with Gasteiger partial charge in [0.05, 0.1) is 44.0 Å². The smallest absolute Gasteiger partial charge is 0.255 e. The van der Waals surface area contributed by atoms with E-state index in [1.165, 1.54) is 35.2 Å². The van der Waals surface area contributed by atoms with Crippen molar-refractivity contribution in [1.29, 1.82) is 0 Å². The van der Waals surface area contributed by atoms with Crippen LogP contribution in [0.25, 0.3) is 12.2 Å². The van der Waals surface area contributed by atoms with Crippen LogP contribution in [0.2, 0.25) is 0 Å². The Morgan fingerprint density at radius 2 is 1.24 bits per heavy atom. The monoisotopic (exact) mass is 900 g/mol. The second-order valence-electron chi connectivity index (χ2n) is 12.4. The lowest BCUT2D eigenvalue weighted by Crippen LogP contribution is -2.33.